The second-order valence-electron chi connectivity index (χ2n) is 7.20. The summed E-state index contributed by atoms with van der Waals surface area (Å²) < 4.78 is 12.3. The molecule has 2 fully saturated rings. The van der Waals surface area contributed by atoms with Crippen molar-refractivity contribution in [3.8, 4) is 0 Å². The van der Waals surface area contributed by atoms with E-state index < -0.39 is 7.12 Å². The van der Waals surface area contributed by atoms with Crippen LogP contribution >= 0.6 is 11.6 Å². The maximum atomic E-state index is 6.43. The Balaban J connectivity index is 2.04. The number of rotatable bonds is 2. The third kappa shape index (κ3) is 2.09. The standard InChI is InChI=1S/C15H21BClNO2/c1-13(2)14(3,4)20-16(19-13)11-10(17)6-9-18-12(11)15(5)7-8-15/h6,9H,7-8H2,1-5H3. The van der Waals surface area contributed by atoms with Crippen LogP contribution in [0.4, 0.5) is 0 Å². The maximum Gasteiger partial charge on any atom is 0.498 e. The second-order valence-corrected chi connectivity index (χ2v) is 7.61. The van der Waals surface area contributed by atoms with E-state index in [9.17, 15) is 0 Å². The SMILES string of the molecule is CC1(c2nccc(Cl)c2B2OC(C)(C)C(C)(C)O2)CC1. The van der Waals surface area contributed by atoms with Crippen LogP contribution in [0.1, 0.15) is 53.2 Å². The summed E-state index contributed by atoms with van der Waals surface area (Å²) in [6.45, 7) is 10.4. The summed E-state index contributed by atoms with van der Waals surface area (Å²) in [7, 11) is -0.436. The molecule has 1 aliphatic carbocycles. The highest BCUT2D eigenvalue weighted by Crippen LogP contribution is 2.47. The molecule has 1 saturated heterocycles. The highest BCUT2D eigenvalue weighted by Gasteiger charge is 2.55. The highest BCUT2D eigenvalue weighted by atomic mass is 35.5. The number of aromatic nitrogens is 1. The van der Waals surface area contributed by atoms with Gasteiger partial charge in [0.2, 0.25) is 0 Å². The molecule has 108 valence electrons. The van der Waals surface area contributed by atoms with Crippen LogP contribution < -0.4 is 5.46 Å². The van der Waals surface area contributed by atoms with Crippen LogP contribution in [0.3, 0.4) is 0 Å². The molecule has 2 heterocycles. The predicted octanol–water partition coefficient (Wildman–Crippen LogP) is 3.09. The van der Waals surface area contributed by atoms with Crippen LogP contribution in [0.2, 0.25) is 5.02 Å². The van der Waals surface area contributed by atoms with Gasteiger partial charge in [-0.3, -0.25) is 4.98 Å². The van der Waals surface area contributed by atoms with Gasteiger partial charge >= 0.3 is 7.12 Å². The molecule has 3 nitrogen and oxygen atoms in total. The zero-order chi connectivity index (χ0) is 14.8. The van der Waals surface area contributed by atoms with Crippen molar-refractivity contribution in [3.05, 3.63) is 23.0 Å². The second kappa shape index (κ2) is 4.22. The summed E-state index contributed by atoms with van der Waals surface area (Å²) in [5, 5.41) is 0.682. The van der Waals surface area contributed by atoms with Crippen molar-refractivity contribution >= 4 is 24.2 Å². The van der Waals surface area contributed by atoms with Crippen molar-refractivity contribution in [2.45, 2.75) is 64.1 Å². The molecule has 2 aliphatic rings. The lowest BCUT2D eigenvalue weighted by Gasteiger charge is -2.32. The molecule has 0 unspecified atom stereocenters. The van der Waals surface area contributed by atoms with E-state index in [2.05, 4.69) is 39.6 Å². The Labute approximate surface area is 126 Å². The van der Waals surface area contributed by atoms with Gasteiger partial charge in [0.15, 0.2) is 0 Å². The van der Waals surface area contributed by atoms with Gasteiger partial charge < -0.3 is 9.31 Å². The van der Waals surface area contributed by atoms with Gasteiger partial charge in [0.1, 0.15) is 0 Å². The Morgan fingerprint density at radius 1 is 1.10 bits per heavy atom. The Bertz CT molecular complexity index is 539. The average Bonchev–Trinajstić information content (AvgIpc) is 3.01. The summed E-state index contributed by atoms with van der Waals surface area (Å²) in [6.07, 6.45) is 4.07. The van der Waals surface area contributed by atoms with Crippen molar-refractivity contribution in [2.75, 3.05) is 0 Å². The predicted molar refractivity (Wildman–Crippen MR) is 81.5 cm³/mol. The fourth-order valence-corrected chi connectivity index (χ4v) is 2.77. The van der Waals surface area contributed by atoms with Gasteiger partial charge in [-0.1, -0.05) is 18.5 Å². The van der Waals surface area contributed by atoms with E-state index in [4.69, 9.17) is 20.9 Å². The molecule has 0 N–H and O–H groups in total. The molecule has 1 aromatic heterocycles. The van der Waals surface area contributed by atoms with Crippen LogP contribution in [0.25, 0.3) is 0 Å². The fraction of sp³-hybridized carbons (Fsp3) is 0.667. The van der Waals surface area contributed by atoms with Gasteiger partial charge in [0, 0.05) is 27.8 Å². The van der Waals surface area contributed by atoms with Crippen molar-refractivity contribution < 1.29 is 9.31 Å². The quantitative estimate of drug-likeness (QED) is 0.785. The van der Waals surface area contributed by atoms with E-state index >= 15 is 0 Å². The first-order valence-electron chi connectivity index (χ1n) is 7.17. The average molecular weight is 294 g/mol. The minimum atomic E-state index is -0.436. The summed E-state index contributed by atoms with van der Waals surface area (Å²) in [5.74, 6) is 0. The number of pyridine rings is 1. The molecule has 5 heteroatoms. The molecule has 1 aromatic rings. The Morgan fingerprint density at radius 2 is 1.65 bits per heavy atom. The van der Waals surface area contributed by atoms with E-state index in [0.29, 0.717) is 5.02 Å². The number of hydrogen-bond acceptors (Lipinski definition) is 3. The Morgan fingerprint density at radius 3 is 2.15 bits per heavy atom. The lowest BCUT2D eigenvalue weighted by molar-refractivity contribution is 0.00578. The van der Waals surface area contributed by atoms with Crippen molar-refractivity contribution in [1.29, 1.82) is 0 Å². The third-order valence-electron chi connectivity index (χ3n) is 5.00. The molecule has 0 spiro atoms. The van der Waals surface area contributed by atoms with Gasteiger partial charge in [-0.2, -0.15) is 0 Å². The first-order valence-corrected chi connectivity index (χ1v) is 7.55. The summed E-state index contributed by atoms with van der Waals surface area (Å²) in [5.41, 5.74) is 1.34. The maximum absolute atomic E-state index is 6.43. The normalized spacial score (nSPS) is 25.8. The lowest BCUT2D eigenvalue weighted by Crippen LogP contribution is -2.41. The van der Waals surface area contributed by atoms with Crippen LogP contribution in [0.15, 0.2) is 12.3 Å². The Kier molecular flexibility index (Phi) is 3.03. The number of halogens is 1. The summed E-state index contributed by atoms with van der Waals surface area (Å²) >= 11 is 6.43. The first kappa shape index (κ1) is 14.4. The van der Waals surface area contributed by atoms with Crippen molar-refractivity contribution in [2.24, 2.45) is 0 Å². The van der Waals surface area contributed by atoms with E-state index in [1.807, 2.05) is 6.07 Å². The molecule has 0 aromatic carbocycles. The molecule has 3 rings (SSSR count). The first-order chi connectivity index (χ1) is 9.16. The molecule has 1 aliphatic heterocycles. The largest absolute Gasteiger partial charge is 0.498 e. The Hall–Kier alpha value is -0.575. The van der Waals surface area contributed by atoms with Crippen molar-refractivity contribution in [3.63, 3.8) is 0 Å². The zero-order valence-corrected chi connectivity index (χ0v) is 13.5. The highest BCUT2D eigenvalue weighted by molar-refractivity contribution is 6.66. The molecule has 20 heavy (non-hydrogen) atoms. The number of nitrogens with zero attached hydrogens (tertiary/aromatic N) is 1. The molecule has 1 saturated carbocycles. The molecule has 0 amide bonds. The van der Waals surface area contributed by atoms with Gasteiger partial charge in [0.25, 0.3) is 0 Å². The monoisotopic (exact) mass is 293 g/mol. The summed E-state index contributed by atoms with van der Waals surface area (Å²) in [6, 6.07) is 1.82. The van der Waals surface area contributed by atoms with Gasteiger partial charge in [0.05, 0.1) is 11.2 Å². The fourth-order valence-electron chi connectivity index (χ4n) is 2.54. The van der Waals surface area contributed by atoms with Crippen LogP contribution in [-0.2, 0) is 14.7 Å². The van der Waals surface area contributed by atoms with Crippen LogP contribution in [0, 0.1) is 0 Å². The van der Waals surface area contributed by atoms with Gasteiger partial charge in [-0.25, -0.2) is 0 Å². The minimum absolute atomic E-state index is 0.129. The molecule has 0 radical (unpaired) electrons. The van der Waals surface area contributed by atoms with Crippen molar-refractivity contribution in [1.82, 2.24) is 4.98 Å². The topological polar surface area (TPSA) is 31.4 Å². The molecule has 0 bridgehead atoms. The van der Waals surface area contributed by atoms with E-state index in [-0.39, 0.29) is 16.6 Å². The lowest BCUT2D eigenvalue weighted by atomic mass is 9.74. The minimum Gasteiger partial charge on any atom is -0.399 e. The van der Waals surface area contributed by atoms with E-state index in [1.165, 1.54) is 0 Å². The zero-order valence-electron chi connectivity index (χ0n) is 12.8. The smallest absolute Gasteiger partial charge is 0.399 e. The van der Waals surface area contributed by atoms with E-state index in [1.54, 1.807) is 6.20 Å². The molecule has 0 atom stereocenters. The number of hydrogen-bond donors (Lipinski definition) is 0. The summed E-state index contributed by atoms with van der Waals surface area (Å²) in [4.78, 5) is 4.57. The van der Waals surface area contributed by atoms with Gasteiger partial charge in [-0.15, -0.1) is 0 Å². The third-order valence-corrected chi connectivity index (χ3v) is 5.33. The van der Waals surface area contributed by atoms with Crippen LogP contribution in [0.5, 0.6) is 0 Å². The molecular formula is C15H21BClNO2. The van der Waals surface area contributed by atoms with E-state index in [0.717, 1.165) is 24.0 Å². The van der Waals surface area contributed by atoms with Crippen LogP contribution in [-0.4, -0.2) is 23.3 Å². The van der Waals surface area contributed by atoms with Gasteiger partial charge in [-0.05, 0) is 46.6 Å². The molecular weight excluding hydrogens is 272 g/mol.